The summed E-state index contributed by atoms with van der Waals surface area (Å²) in [5.41, 5.74) is 2.82. The Morgan fingerprint density at radius 2 is 1.95 bits per heavy atom. The number of nitrogens with one attached hydrogen (secondary N) is 1. The molecule has 0 aliphatic heterocycles. The van der Waals surface area contributed by atoms with Gasteiger partial charge < -0.3 is 5.32 Å². The maximum atomic E-state index is 4.07. The first-order valence-corrected chi connectivity index (χ1v) is 8.26. The first-order chi connectivity index (χ1) is 10.4. The monoisotopic (exact) mass is 296 g/mol. The lowest BCUT2D eigenvalue weighted by Crippen LogP contribution is -2.28. The Morgan fingerprint density at radius 1 is 1.14 bits per heavy atom. The molecule has 21 heavy (non-hydrogen) atoms. The van der Waals surface area contributed by atoms with Gasteiger partial charge in [0.15, 0.2) is 0 Å². The van der Waals surface area contributed by atoms with E-state index in [4.69, 9.17) is 0 Å². The van der Waals surface area contributed by atoms with E-state index in [9.17, 15) is 0 Å². The number of thiophene rings is 1. The lowest BCUT2D eigenvalue weighted by atomic mass is 9.99. The maximum Gasteiger partial charge on any atom is 0.0345 e. The number of rotatable bonds is 6. The van der Waals surface area contributed by atoms with Crippen LogP contribution in [0.4, 0.5) is 0 Å². The second kappa shape index (κ2) is 6.83. The van der Waals surface area contributed by atoms with Crippen LogP contribution in [0.3, 0.4) is 0 Å². The second-order valence-electron chi connectivity index (χ2n) is 5.34. The lowest BCUT2D eigenvalue weighted by Gasteiger charge is -2.15. The number of pyridine rings is 1. The van der Waals surface area contributed by atoms with Crippen molar-refractivity contribution in [2.45, 2.75) is 25.3 Å². The third-order valence-electron chi connectivity index (χ3n) is 3.97. The van der Waals surface area contributed by atoms with Crippen molar-refractivity contribution < 1.29 is 0 Å². The average Bonchev–Trinajstić information content (AvgIpc) is 2.95. The van der Waals surface area contributed by atoms with Gasteiger partial charge in [0.2, 0.25) is 0 Å². The molecule has 1 N–H and O–H groups in total. The van der Waals surface area contributed by atoms with Crippen molar-refractivity contribution in [2.75, 3.05) is 7.05 Å². The fraction of sp³-hybridized carbons (Fsp3) is 0.278. The minimum absolute atomic E-state index is 0.510. The van der Waals surface area contributed by atoms with Crippen molar-refractivity contribution >= 4 is 21.4 Å². The highest BCUT2D eigenvalue weighted by atomic mass is 32.1. The van der Waals surface area contributed by atoms with Crippen LogP contribution in [0.25, 0.3) is 10.1 Å². The molecule has 0 bridgehead atoms. The molecule has 3 aromatic rings. The molecular formula is C18H20N2S. The van der Waals surface area contributed by atoms with Crippen LogP contribution in [0.15, 0.2) is 54.2 Å². The fourth-order valence-corrected chi connectivity index (χ4v) is 3.67. The SMILES string of the molecule is CNC(CCc1ccncc1)Cc1csc2ccccc12. The minimum atomic E-state index is 0.510. The number of likely N-dealkylation sites (N-methyl/N-ethyl adjacent to an activating group) is 1. The summed E-state index contributed by atoms with van der Waals surface area (Å²) in [4.78, 5) is 4.07. The van der Waals surface area contributed by atoms with E-state index >= 15 is 0 Å². The molecule has 1 aromatic carbocycles. The normalized spacial score (nSPS) is 12.6. The Hall–Kier alpha value is -1.71. The first-order valence-electron chi connectivity index (χ1n) is 7.38. The van der Waals surface area contributed by atoms with Crippen molar-refractivity contribution in [1.29, 1.82) is 0 Å². The van der Waals surface area contributed by atoms with E-state index in [1.165, 1.54) is 21.2 Å². The smallest absolute Gasteiger partial charge is 0.0345 e. The summed E-state index contributed by atoms with van der Waals surface area (Å²) >= 11 is 1.84. The number of nitrogens with zero attached hydrogens (tertiary/aromatic N) is 1. The molecule has 2 nitrogen and oxygen atoms in total. The molecule has 0 saturated heterocycles. The second-order valence-corrected chi connectivity index (χ2v) is 6.25. The van der Waals surface area contributed by atoms with E-state index in [-0.39, 0.29) is 0 Å². The van der Waals surface area contributed by atoms with Crippen LogP contribution in [0.5, 0.6) is 0 Å². The lowest BCUT2D eigenvalue weighted by molar-refractivity contribution is 0.522. The average molecular weight is 296 g/mol. The molecule has 1 atom stereocenters. The van der Waals surface area contributed by atoms with Gasteiger partial charge >= 0.3 is 0 Å². The highest BCUT2D eigenvalue weighted by Crippen LogP contribution is 2.27. The molecule has 0 saturated carbocycles. The molecule has 0 radical (unpaired) electrons. The van der Waals surface area contributed by atoms with E-state index in [2.05, 4.69) is 59.1 Å². The summed E-state index contributed by atoms with van der Waals surface area (Å²) in [6, 6.07) is 13.4. The summed E-state index contributed by atoms with van der Waals surface area (Å²) in [5, 5.41) is 7.18. The third kappa shape index (κ3) is 3.49. The molecule has 0 aliphatic carbocycles. The van der Waals surface area contributed by atoms with E-state index in [0.717, 1.165) is 19.3 Å². The van der Waals surface area contributed by atoms with Crippen molar-refractivity contribution in [1.82, 2.24) is 10.3 Å². The van der Waals surface area contributed by atoms with Gasteiger partial charge in [0.05, 0.1) is 0 Å². The van der Waals surface area contributed by atoms with Crippen LogP contribution in [-0.2, 0) is 12.8 Å². The molecule has 2 heterocycles. The quantitative estimate of drug-likeness (QED) is 0.742. The predicted molar refractivity (Wildman–Crippen MR) is 90.9 cm³/mol. The predicted octanol–water partition coefficient (Wildman–Crippen LogP) is 4.06. The number of hydrogen-bond acceptors (Lipinski definition) is 3. The van der Waals surface area contributed by atoms with Crippen LogP contribution in [0.1, 0.15) is 17.5 Å². The van der Waals surface area contributed by atoms with Gasteiger partial charge in [-0.3, -0.25) is 4.98 Å². The van der Waals surface area contributed by atoms with Crippen LogP contribution >= 0.6 is 11.3 Å². The van der Waals surface area contributed by atoms with Crippen LogP contribution < -0.4 is 5.32 Å². The highest BCUT2D eigenvalue weighted by molar-refractivity contribution is 7.17. The van der Waals surface area contributed by atoms with E-state index < -0.39 is 0 Å². The zero-order chi connectivity index (χ0) is 14.5. The van der Waals surface area contributed by atoms with Crippen molar-refractivity contribution in [3.63, 3.8) is 0 Å². The summed E-state index contributed by atoms with van der Waals surface area (Å²) in [6.07, 6.45) is 7.07. The van der Waals surface area contributed by atoms with Gasteiger partial charge in [0, 0.05) is 23.1 Å². The van der Waals surface area contributed by atoms with E-state index in [1.54, 1.807) is 0 Å². The number of fused-ring (bicyclic) bond motifs is 1. The zero-order valence-corrected chi connectivity index (χ0v) is 13.1. The Morgan fingerprint density at radius 3 is 2.76 bits per heavy atom. The molecule has 0 spiro atoms. The Kier molecular flexibility index (Phi) is 4.63. The summed E-state index contributed by atoms with van der Waals surface area (Å²) in [6.45, 7) is 0. The van der Waals surface area contributed by atoms with Gasteiger partial charge in [0.25, 0.3) is 0 Å². The third-order valence-corrected chi connectivity index (χ3v) is 4.98. The van der Waals surface area contributed by atoms with Gasteiger partial charge in [-0.15, -0.1) is 11.3 Å². The fourth-order valence-electron chi connectivity index (χ4n) is 2.70. The minimum Gasteiger partial charge on any atom is -0.317 e. The highest BCUT2D eigenvalue weighted by Gasteiger charge is 2.11. The Bertz CT molecular complexity index is 691. The topological polar surface area (TPSA) is 24.9 Å². The number of aryl methyl sites for hydroxylation is 1. The summed E-state index contributed by atoms with van der Waals surface area (Å²) < 4.78 is 1.39. The molecule has 0 amide bonds. The van der Waals surface area contributed by atoms with Crippen LogP contribution in [-0.4, -0.2) is 18.1 Å². The number of hydrogen-bond donors (Lipinski definition) is 1. The molecule has 108 valence electrons. The Labute approximate surface area is 129 Å². The van der Waals surface area contributed by atoms with E-state index in [0.29, 0.717) is 6.04 Å². The largest absolute Gasteiger partial charge is 0.317 e. The number of aromatic nitrogens is 1. The standard InChI is InChI=1S/C18H20N2S/c1-19-16(7-6-14-8-10-20-11-9-14)12-15-13-21-18-5-3-2-4-17(15)18/h2-5,8-11,13,16,19H,6-7,12H2,1H3. The summed E-state index contributed by atoms with van der Waals surface area (Å²) in [5.74, 6) is 0. The van der Waals surface area contributed by atoms with Crippen molar-refractivity contribution in [3.8, 4) is 0 Å². The van der Waals surface area contributed by atoms with Gasteiger partial charge in [0.1, 0.15) is 0 Å². The van der Waals surface area contributed by atoms with Crippen molar-refractivity contribution in [2.24, 2.45) is 0 Å². The van der Waals surface area contributed by atoms with Crippen LogP contribution in [0.2, 0.25) is 0 Å². The van der Waals surface area contributed by atoms with Crippen LogP contribution in [0, 0.1) is 0 Å². The molecule has 0 fully saturated rings. The molecule has 2 aromatic heterocycles. The number of benzene rings is 1. The van der Waals surface area contributed by atoms with Gasteiger partial charge in [-0.25, -0.2) is 0 Å². The first kappa shape index (κ1) is 14.2. The van der Waals surface area contributed by atoms with Gasteiger partial charge in [-0.1, -0.05) is 18.2 Å². The molecule has 1 unspecified atom stereocenters. The molecule has 3 rings (SSSR count). The summed E-state index contributed by atoms with van der Waals surface area (Å²) in [7, 11) is 2.06. The molecule has 0 aliphatic rings. The molecular weight excluding hydrogens is 276 g/mol. The van der Waals surface area contributed by atoms with E-state index in [1.807, 2.05) is 23.7 Å². The van der Waals surface area contributed by atoms with Crippen molar-refractivity contribution in [3.05, 3.63) is 65.3 Å². The Balaban J connectivity index is 1.67. The molecule has 3 heteroatoms. The van der Waals surface area contributed by atoms with Gasteiger partial charge in [-0.05, 0) is 66.4 Å². The zero-order valence-electron chi connectivity index (χ0n) is 12.3. The van der Waals surface area contributed by atoms with Gasteiger partial charge in [-0.2, -0.15) is 0 Å². The maximum absolute atomic E-state index is 4.07.